The summed E-state index contributed by atoms with van der Waals surface area (Å²) in [6.07, 6.45) is 3.61. The highest BCUT2D eigenvalue weighted by molar-refractivity contribution is 7.80. The summed E-state index contributed by atoms with van der Waals surface area (Å²) in [6, 6.07) is 0.192. The molecule has 0 saturated heterocycles. The minimum absolute atomic E-state index is 0.0559. The molecule has 13 heavy (non-hydrogen) atoms. The van der Waals surface area contributed by atoms with Crippen molar-refractivity contribution in [2.75, 3.05) is 12.4 Å². The van der Waals surface area contributed by atoms with E-state index in [4.69, 9.17) is 5.11 Å². The van der Waals surface area contributed by atoms with Gasteiger partial charge in [-0.05, 0) is 18.6 Å². The average Bonchev–Trinajstić information content (AvgIpc) is 2.52. The zero-order chi connectivity index (χ0) is 9.68. The molecule has 0 aromatic heterocycles. The van der Waals surface area contributed by atoms with Crippen LogP contribution in [0.2, 0.25) is 0 Å². The van der Waals surface area contributed by atoms with Gasteiger partial charge >= 0.3 is 0 Å². The highest BCUT2D eigenvalue weighted by Crippen LogP contribution is 2.24. The van der Waals surface area contributed by atoms with Gasteiger partial charge in [-0.3, -0.25) is 4.79 Å². The maximum absolute atomic E-state index is 11.2. The van der Waals surface area contributed by atoms with Crippen molar-refractivity contribution in [3.63, 3.8) is 0 Å². The SMILES string of the molecule is O=C(CCS)NC1CCCC1CO. The Morgan fingerprint density at radius 3 is 2.92 bits per heavy atom. The van der Waals surface area contributed by atoms with Gasteiger partial charge in [0.15, 0.2) is 0 Å². The first-order valence-corrected chi connectivity index (χ1v) is 5.42. The molecule has 0 heterocycles. The number of rotatable bonds is 4. The zero-order valence-electron chi connectivity index (χ0n) is 7.70. The van der Waals surface area contributed by atoms with Crippen LogP contribution in [-0.2, 0) is 4.79 Å². The predicted molar refractivity (Wildman–Crippen MR) is 54.8 cm³/mol. The Bertz CT molecular complexity index is 175. The van der Waals surface area contributed by atoms with E-state index in [0.717, 1.165) is 19.3 Å². The molecule has 1 fully saturated rings. The number of thiol groups is 1. The molecule has 4 heteroatoms. The van der Waals surface area contributed by atoms with E-state index in [1.807, 2.05) is 0 Å². The van der Waals surface area contributed by atoms with Crippen LogP contribution in [0.3, 0.4) is 0 Å². The van der Waals surface area contributed by atoms with Gasteiger partial charge in [0.2, 0.25) is 5.91 Å². The van der Waals surface area contributed by atoms with Gasteiger partial charge in [-0.15, -0.1) is 0 Å². The van der Waals surface area contributed by atoms with E-state index in [9.17, 15) is 4.79 Å². The summed E-state index contributed by atoms with van der Waals surface area (Å²) in [5.74, 6) is 0.909. The first kappa shape index (κ1) is 10.9. The lowest BCUT2D eigenvalue weighted by atomic mass is 10.1. The highest BCUT2D eigenvalue weighted by Gasteiger charge is 2.27. The van der Waals surface area contributed by atoms with E-state index >= 15 is 0 Å². The normalized spacial score (nSPS) is 27.5. The molecule has 2 unspecified atom stereocenters. The monoisotopic (exact) mass is 203 g/mol. The van der Waals surface area contributed by atoms with Crippen LogP contribution in [0.5, 0.6) is 0 Å². The van der Waals surface area contributed by atoms with E-state index in [2.05, 4.69) is 17.9 Å². The molecule has 3 nitrogen and oxygen atoms in total. The van der Waals surface area contributed by atoms with Crippen molar-refractivity contribution in [2.24, 2.45) is 5.92 Å². The second-order valence-corrected chi connectivity index (χ2v) is 3.97. The Morgan fingerprint density at radius 2 is 2.31 bits per heavy atom. The minimum atomic E-state index is 0.0559. The Morgan fingerprint density at radius 1 is 1.54 bits per heavy atom. The number of aliphatic hydroxyl groups excluding tert-OH is 1. The number of hydrogen-bond donors (Lipinski definition) is 3. The Hall–Kier alpha value is -0.220. The first-order chi connectivity index (χ1) is 6.27. The summed E-state index contributed by atoms with van der Waals surface area (Å²) in [5, 5.41) is 11.9. The molecule has 2 N–H and O–H groups in total. The molecule has 0 radical (unpaired) electrons. The predicted octanol–water partition coefficient (Wildman–Crippen LogP) is 0.583. The van der Waals surface area contributed by atoms with Crippen molar-refractivity contribution in [1.82, 2.24) is 5.32 Å². The second-order valence-electron chi connectivity index (χ2n) is 3.52. The second kappa shape index (κ2) is 5.50. The molecule has 0 spiro atoms. The molecule has 2 atom stereocenters. The summed E-state index contributed by atoms with van der Waals surface area (Å²) >= 11 is 3.99. The molecule has 0 aliphatic heterocycles. The average molecular weight is 203 g/mol. The molecular formula is C9H17NO2S. The van der Waals surface area contributed by atoms with Crippen LogP contribution in [0.25, 0.3) is 0 Å². The van der Waals surface area contributed by atoms with Crippen LogP contribution in [-0.4, -0.2) is 29.4 Å². The van der Waals surface area contributed by atoms with E-state index in [1.54, 1.807) is 0 Å². The first-order valence-electron chi connectivity index (χ1n) is 4.79. The topological polar surface area (TPSA) is 49.3 Å². The Kier molecular flexibility index (Phi) is 4.59. The van der Waals surface area contributed by atoms with Crippen molar-refractivity contribution < 1.29 is 9.90 Å². The molecule has 76 valence electrons. The molecule has 1 aliphatic rings. The number of amides is 1. The van der Waals surface area contributed by atoms with Crippen LogP contribution in [0, 0.1) is 5.92 Å². The lowest BCUT2D eigenvalue weighted by molar-refractivity contribution is -0.121. The van der Waals surface area contributed by atoms with Gasteiger partial charge in [-0.2, -0.15) is 12.6 Å². The van der Waals surface area contributed by atoms with Gasteiger partial charge in [0.1, 0.15) is 0 Å². The van der Waals surface area contributed by atoms with E-state index < -0.39 is 0 Å². The maximum atomic E-state index is 11.2. The van der Waals surface area contributed by atoms with Crippen LogP contribution < -0.4 is 5.32 Å². The Labute approximate surface area is 84.3 Å². The number of nitrogens with one attached hydrogen (secondary N) is 1. The fourth-order valence-corrected chi connectivity index (χ4v) is 2.03. The maximum Gasteiger partial charge on any atom is 0.221 e. The fourth-order valence-electron chi connectivity index (χ4n) is 1.83. The van der Waals surface area contributed by atoms with Gasteiger partial charge in [0.25, 0.3) is 0 Å². The quantitative estimate of drug-likeness (QED) is 0.586. The number of carbonyl (C=O) groups is 1. The molecule has 1 saturated carbocycles. The van der Waals surface area contributed by atoms with Gasteiger partial charge < -0.3 is 10.4 Å². The van der Waals surface area contributed by atoms with E-state index in [0.29, 0.717) is 12.2 Å². The summed E-state index contributed by atoms with van der Waals surface area (Å²) in [6.45, 7) is 0.186. The smallest absolute Gasteiger partial charge is 0.221 e. The molecule has 1 amide bonds. The molecule has 0 bridgehead atoms. The summed E-state index contributed by atoms with van der Waals surface area (Å²) in [4.78, 5) is 11.2. The Balaban J connectivity index is 2.30. The van der Waals surface area contributed by atoms with Gasteiger partial charge in [0, 0.05) is 25.0 Å². The van der Waals surface area contributed by atoms with Gasteiger partial charge in [-0.1, -0.05) is 6.42 Å². The third kappa shape index (κ3) is 3.19. The van der Waals surface area contributed by atoms with Crippen LogP contribution in [0.4, 0.5) is 0 Å². The van der Waals surface area contributed by atoms with Crippen LogP contribution in [0.15, 0.2) is 0 Å². The molecule has 0 aromatic rings. The van der Waals surface area contributed by atoms with E-state index in [-0.39, 0.29) is 24.5 Å². The molecule has 1 aliphatic carbocycles. The summed E-state index contributed by atoms with van der Waals surface area (Å²) < 4.78 is 0. The third-order valence-electron chi connectivity index (χ3n) is 2.58. The van der Waals surface area contributed by atoms with Crippen molar-refractivity contribution >= 4 is 18.5 Å². The van der Waals surface area contributed by atoms with Crippen LogP contribution >= 0.6 is 12.6 Å². The standard InChI is InChI=1S/C9H17NO2S/c11-6-7-2-1-3-8(7)10-9(12)4-5-13/h7-8,11,13H,1-6H2,(H,10,12). The number of hydrogen-bond acceptors (Lipinski definition) is 3. The molecule has 0 aromatic carbocycles. The van der Waals surface area contributed by atoms with Crippen LogP contribution in [0.1, 0.15) is 25.7 Å². The minimum Gasteiger partial charge on any atom is -0.396 e. The lowest BCUT2D eigenvalue weighted by Crippen LogP contribution is -2.38. The highest BCUT2D eigenvalue weighted by atomic mass is 32.1. The van der Waals surface area contributed by atoms with Crippen molar-refractivity contribution in [1.29, 1.82) is 0 Å². The number of carbonyl (C=O) groups excluding carboxylic acids is 1. The number of aliphatic hydroxyl groups is 1. The van der Waals surface area contributed by atoms with Crippen molar-refractivity contribution in [2.45, 2.75) is 31.7 Å². The molecular weight excluding hydrogens is 186 g/mol. The van der Waals surface area contributed by atoms with E-state index in [1.165, 1.54) is 0 Å². The summed E-state index contributed by atoms with van der Waals surface area (Å²) in [7, 11) is 0. The molecule has 1 rings (SSSR count). The fraction of sp³-hybridized carbons (Fsp3) is 0.889. The zero-order valence-corrected chi connectivity index (χ0v) is 8.59. The van der Waals surface area contributed by atoms with Gasteiger partial charge in [-0.25, -0.2) is 0 Å². The van der Waals surface area contributed by atoms with Crippen molar-refractivity contribution in [3.8, 4) is 0 Å². The lowest BCUT2D eigenvalue weighted by Gasteiger charge is -2.18. The van der Waals surface area contributed by atoms with Crippen molar-refractivity contribution in [3.05, 3.63) is 0 Å². The third-order valence-corrected chi connectivity index (χ3v) is 2.80. The largest absolute Gasteiger partial charge is 0.396 e. The summed E-state index contributed by atoms with van der Waals surface area (Å²) in [5.41, 5.74) is 0. The van der Waals surface area contributed by atoms with Gasteiger partial charge in [0.05, 0.1) is 0 Å².